The quantitative estimate of drug-likeness (QED) is 0.115. The topological polar surface area (TPSA) is 0 Å². The predicted molar refractivity (Wildman–Crippen MR) is 236 cm³/mol. The van der Waals surface area contributed by atoms with Crippen LogP contribution in [0.25, 0.3) is 38.4 Å². The molecule has 0 radical (unpaired) electrons. The van der Waals surface area contributed by atoms with E-state index in [0.717, 1.165) is 15.3 Å². The summed E-state index contributed by atoms with van der Waals surface area (Å²) in [6.45, 7) is 22.9. The Balaban J connectivity index is 1.51. The zero-order valence-corrected chi connectivity index (χ0v) is 34.9. The van der Waals surface area contributed by atoms with Gasteiger partial charge in [0.15, 0.2) is 0 Å². The molecule has 8 rings (SSSR count). The zero-order chi connectivity index (χ0) is 38.3. The molecule has 0 aliphatic heterocycles. The van der Waals surface area contributed by atoms with Gasteiger partial charge in [-0.05, 0) is 53.3 Å². The molecule has 268 valence electrons. The Hall–Kier alpha value is -4.94. The molecule has 0 amide bonds. The normalized spacial score (nSPS) is 14.6. The Morgan fingerprint density at radius 3 is 1.67 bits per heavy atom. The number of aryl methyl sites for hydroxylation is 2. The monoisotopic (exact) mass is 764 g/mol. The summed E-state index contributed by atoms with van der Waals surface area (Å²) in [5, 5.41) is 7.37. The molecule has 0 saturated carbocycles. The van der Waals surface area contributed by atoms with Crippen molar-refractivity contribution in [3.63, 3.8) is 0 Å². The average molecular weight is 766 g/mol. The SMILES string of the molecule is CC1=C[C+](C(C)(C)C)C=C(C)C1=c1c2ccccc2c(=C=C2c3ccccc3[C-](c3c(C)cc(C(C)(C)C)cc3C)c3ccc(Br)cc32)c2ccccc12. The van der Waals surface area contributed by atoms with Gasteiger partial charge < -0.3 is 0 Å². The van der Waals surface area contributed by atoms with E-state index in [1.54, 1.807) is 0 Å². The molecule has 0 saturated heterocycles. The number of allylic oxidation sites excluding steroid dienone is 4. The molecule has 0 heterocycles. The van der Waals surface area contributed by atoms with Gasteiger partial charge in [-0.25, -0.2) is 0 Å². The van der Waals surface area contributed by atoms with E-state index < -0.39 is 0 Å². The summed E-state index contributed by atoms with van der Waals surface area (Å²) in [6.07, 6.45) is 4.80. The fraction of sp³-hybridized carbons (Fsp3) is 0.226. The van der Waals surface area contributed by atoms with Crippen molar-refractivity contribution < 1.29 is 0 Å². The van der Waals surface area contributed by atoms with Gasteiger partial charge in [0, 0.05) is 34.2 Å². The van der Waals surface area contributed by atoms with Crippen molar-refractivity contribution in [3.05, 3.63) is 198 Å². The summed E-state index contributed by atoms with van der Waals surface area (Å²) in [6, 6.07) is 38.5. The van der Waals surface area contributed by atoms with Gasteiger partial charge in [0.05, 0.1) is 34.8 Å². The van der Waals surface area contributed by atoms with Crippen LogP contribution in [0.3, 0.4) is 0 Å². The highest BCUT2D eigenvalue weighted by Gasteiger charge is 2.33. The lowest BCUT2D eigenvalue weighted by Gasteiger charge is -2.38. The van der Waals surface area contributed by atoms with Crippen LogP contribution >= 0.6 is 15.9 Å². The number of rotatable bonds is 1. The molecule has 2 aliphatic rings. The molecule has 54 heavy (non-hydrogen) atoms. The van der Waals surface area contributed by atoms with E-state index in [4.69, 9.17) is 0 Å². The lowest BCUT2D eigenvalue weighted by Crippen LogP contribution is -2.22. The summed E-state index contributed by atoms with van der Waals surface area (Å²) in [7, 11) is 0. The Morgan fingerprint density at radius 1 is 0.593 bits per heavy atom. The van der Waals surface area contributed by atoms with E-state index in [-0.39, 0.29) is 10.8 Å². The van der Waals surface area contributed by atoms with E-state index in [1.807, 2.05) is 0 Å². The highest BCUT2D eigenvalue weighted by Crippen LogP contribution is 2.48. The summed E-state index contributed by atoms with van der Waals surface area (Å²) in [5.74, 6) is 2.67. The van der Waals surface area contributed by atoms with Crippen molar-refractivity contribution in [2.45, 2.75) is 74.7 Å². The van der Waals surface area contributed by atoms with Crippen molar-refractivity contribution in [2.24, 2.45) is 5.41 Å². The second-order valence-electron chi connectivity index (χ2n) is 17.4. The van der Waals surface area contributed by atoms with Crippen LogP contribution in [-0.2, 0) is 5.41 Å². The highest BCUT2D eigenvalue weighted by atomic mass is 79.9. The zero-order valence-electron chi connectivity index (χ0n) is 33.3. The van der Waals surface area contributed by atoms with Crippen LogP contribution in [0.2, 0.25) is 0 Å². The van der Waals surface area contributed by atoms with E-state index in [2.05, 4.69) is 206 Å². The maximum absolute atomic E-state index is 4.16. The molecular weight excluding hydrogens is 716 g/mol. The van der Waals surface area contributed by atoms with Gasteiger partial charge in [-0.15, -0.1) is 5.73 Å². The number of fused-ring (bicyclic) bond motifs is 4. The summed E-state index contributed by atoms with van der Waals surface area (Å²) in [5.41, 5.74) is 19.6. The number of benzene rings is 6. The highest BCUT2D eigenvalue weighted by molar-refractivity contribution is 9.10. The predicted octanol–water partition coefficient (Wildman–Crippen LogP) is 13.2. The molecule has 6 aromatic rings. The molecule has 0 N–H and O–H groups in total. The maximum atomic E-state index is 4.16. The van der Waals surface area contributed by atoms with Crippen LogP contribution in [0.4, 0.5) is 0 Å². The Labute approximate surface area is 330 Å². The molecule has 0 nitrogen and oxygen atoms in total. The molecule has 0 bridgehead atoms. The molecule has 0 atom stereocenters. The third kappa shape index (κ3) is 5.99. The van der Waals surface area contributed by atoms with Crippen LogP contribution in [0.15, 0.2) is 131 Å². The summed E-state index contributed by atoms with van der Waals surface area (Å²) in [4.78, 5) is 0. The molecule has 0 fully saturated rings. The van der Waals surface area contributed by atoms with Gasteiger partial charge in [-0.2, -0.15) is 0 Å². The second-order valence-corrected chi connectivity index (χ2v) is 18.3. The summed E-state index contributed by atoms with van der Waals surface area (Å²) < 4.78 is 1.06. The minimum absolute atomic E-state index is 0.0746. The smallest absolute Gasteiger partial charge is 0.0976 e. The second kappa shape index (κ2) is 13.1. The van der Waals surface area contributed by atoms with Gasteiger partial charge in [0.25, 0.3) is 0 Å². The molecule has 2 aliphatic carbocycles. The van der Waals surface area contributed by atoms with Crippen molar-refractivity contribution in [3.8, 4) is 0 Å². The van der Waals surface area contributed by atoms with Crippen molar-refractivity contribution >= 4 is 54.4 Å². The van der Waals surface area contributed by atoms with Gasteiger partial charge in [0.1, 0.15) is 0 Å². The number of hydrogen-bond donors (Lipinski definition) is 0. The first-order valence-corrected chi connectivity index (χ1v) is 20.0. The minimum atomic E-state index is 0.0746. The fourth-order valence-corrected chi connectivity index (χ4v) is 9.15. The number of hydrogen-bond acceptors (Lipinski definition) is 0. The first-order chi connectivity index (χ1) is 25.6. The first kappa shape index (κ1) is 36.1. The Kier molecular flexibility index (Phi) is 8.76. The van der Waals surface area contributed by atoms with Gasteiger partial charge in [0.2, 0.25) is 0 Å². The fourth-order valence-electron chi connectivity index (χ4n) is 8.79. The summed E-state index contributed by atoms with van der Waals surface area (Å²) >= 11 is 3.88. The van der Waals surface area contributed by atoms with Crippen LogP contribution in [0.1, 0.15) is 99.9 Å². The largest absolute Gasteiger partial charge is 0.114 e. The van der Waals surface area contributed by atoms with Crippen molar-refractivity contribution in [1.82, 2.24) is 0 Å². The molecular formula is C53H49Br. The van der Waals surface area contributed by atoms with Gasteiger partial charge in [-0.3, -0.25) is 0 Å². The van der Waals surface area contributed by atoms with Crippen LogP contribution in [-0.4, -0.2) is 0 Å². The molecule has 0 aromatic heterocycles. The van der Waals surface area contributed by atoms with Crippen molar-refractivity contribution in [2.75, 3.05) is 0 Å². The third-order valence-electron chi connectivity index (χ3n) is 11.5. The standard InChI is InChI=1S/C53H49Br/c1-31-25-35(52(5,6)7)26-32(2)48(31)50-41-20-14-11-17-38(41)46(39-18-12-15-21-42(39)50)30-47-40-19-13-16-22-43(40)51(44-24-23-37(54)29-45(44)47)49-33(3)27-36(28-34(49)4)53(8,9)10/h11-29H,1-10H3. The third-order valence-corrected chi connectivity index (χ3v) is 12.0. The van der Waals surface area contributed by atoms with Crippen LogP contribution in [0, 0.1) is 31.1 Å². The van der Waals surface area contributed by atoms with E-state index in [9.17, 15) is 0 Å². The number of halogens is 1. The lowest BCUT2D eigenvalue weighted by atomic mass is 9.70. The van der Waals surface area contributed by atoms with Gasteiger partial charge in [-0.1, -0.05) is 204 Å². The molecule has 0 spiro atoms. The minimum Gasteiger partial charge on any atom is -0.114 e. The Bertz CT molecular complexity index is 2660. The molecule has 1 heteroatoms. The van der Waals surface area contributed by atoms with Crippen molar-refractivity contribution in [1.29, 1.82) is 0 Å². The Morgan fingerprint density at radius 2 is 1.11 bits per heavy atom. The first-order valence-electron chi connectivity index (χ1n) is 19.2. The van der Waals surface area contributed by atoms with Crippen LogP contribution in [0.5, 0.6) is 0 Å². The lowest BCUT2D eigenvalue weighted by molar-refractivity contribution is 0.472. The van der Waals surface area contributed by atoms with Crippen LogP contribution < -0.4 is 10.4 Å². The average Bonchev–Trinajstić information content (AvgIpc) is 3.11. The molecule has 0 unspecified atom stereocenters. The van der Waals surface area contributed by atoms with E-state index >= 15 is 0 Å². The molecule has 6 aromatic carbocycles. The van der Waals surface area contributed by atoms with E-state index in [0.29, 0.717) is 0 Å². The van der Waals surface area contributed by atoms with Gasteiger partial charge >= 0.3 is 0 Å². The van der Waals surface area contributed by atoms with E-state index in [1.165, 1.54) is 99.8 Å². The maximum Gasteiger partial charge on any atom is 0.0976 e.